The summed E-state index contributed by atoms with van der Waals surface area (Å²) in [5.41, 5.74) is 2.92. The van der Waals surface area contributed by atoms with Crippen LogP contribution in [0.2, 0.25) is 0 Å². The van der Waals surface area contributed by atoms with Crippen LogP contribution in [0.1, 0.15) is 42.4 Å². The maximum Gasteiger partial charge on any atom is 0.325 e. The van der Waals surface area contributed by atoms with Crippen LogP contribution in [0.25, 0.3) is 0 Å². The minimum absolute atomic E-state index is 0.182. The molecule has 1 aliphatic heterocycles. The van der Waals surface area contributed by atoms with Crippen LogP contribution in [0.4, 0.5) is 10.5 Å². The molecule has 1 saturated heterocycles. The van der Waals surface area contributed by atoms with Crippen LogP contribution in [0.3, 0.4) is 0 Å². The molecule has 1 aromatic rings. The van der Waals surface area contributed by atoms with Crippen molar-refractivity contribution in [2.45, 2.75) is 52.0 Å². The topological polar surface area (TPSA) is 108 Å². The summed E-state index contributed by atoms with van der Waals surface area (Å²) in [6.07, 6.45) is 3.72. The average Bonchev–Trinajstić information content (AvgIpc) is 3.57. The summed E-state index contributed by atoms with van der Waals surface area (Å²) in [6, 6.07) is 3.44. The number of benzene rings is 1. The molecule has 2 aliphatic carbocycles. The number of aryl methyl sites for hydroxylation is 3. The Morgan fingerprint density at radius 2 is 1.60 bits per heavy atom. The van der Waals surface area contributed by atoms with E-state index < -0.39 is 17.5 Å². The largest absolute Gasteiger partial charge is 0.345 e. The number of carbonyl (C=O) groups excluding carboxylic acids is 4. The Labute approximate surface area is 175 Å². The number of hydrogen-bond acceptors (Lipinski definition) is 4. The highest BCUT2D eigenvalue weighted by Crippen LogP contribution is 2.54. The first-order valence-corrected chi connectivity index (χ1v) is 10.5. The molecule has 3 fully saturated rings. The van der Waals surface area contributed by atoms with E-state index in [1.165, 1.54) is 0 Å². The van der Waals surface area contributed by atoms with Gasteiger partial charge in [0, 0.05) is 5.69 Å². The van der Waals surface area contributed by atoms with Crippen molar-refractivity contribution in [3.63, 3.8) is 0 Å². The lowest BCUT2D eigenvalue weighted by atomic mass is 9.87. The fourth-order valence-electron chi connectivity index (χ4n) is 4.66. The van der Waals surface area contributed by atoms with Gasteiger partial charge in [-0.1, -0.05) is 17.7 Å². The van der Waals surface area contributed by atoms with Crippen LogP contribution in [-0.2, 0) is 14.4 Å². The molecule has 1 aromatic carbocycles. The lowest BCUT2D eigenvalue weighted by Gasteiger charge is -2.26. The number of rotatable bonds is 7. The summed E-state index contributed by atoms with van der Waals surface area (Å²) in [5.74, 6) is -0.820. The summed E-state index contributed by atoms with van der Waals surface area (Å²) in [7, 11) is 0. The van der Waals surface area contributed by atoms with Gasteiger partial charge in [0.1, 0.15) is 12.1 Å². The molecule has 4 rings (SSSR count). The highest BCUT2D eigenvalue weighted by atomic mass is 16.2. The van der Waals surface area contributed by atoms with Crippen molar-refractivity contribution in [3.05, 3.63) is 28.8 Å². The predicted octanol–water partition coefficient (Wildman–Crippen LogP) is 1.78. The van der Waals surface area contributed by atoms with Crippen LogP contribution < -0.4 is 16.0 Å². The van der Waals surface area contributed by atoms with Crippen molar-refractivity contribution < 1.29 is 19.2 Å². The molecule has 30 heavy (non-hydrogen) atoms. The summed E-state index contributed by atoms with van der Waals surface area (Å²) in [4.78, 5) is 51.0. The molecule has 160 valence electrons. The number of hydrogen-bond donors (Lipinski definition) is 3. The minimum atomic E-state index is -0.810. The Balaban J connectivity index is 1.32. The number of imide groups is 1. The highest BCUT2D eigenvalue weighted by molar-refractivity contribution is 6.10. The second-order valence-electron chi connectivity index (χ2n) is 8.84. The molecule has 8 nitrogen and oxygen atoms in total. The Morgan fingerprint density at radius 3 is 2.13 bits per heavy atom. The molecular weight excluding hydrogens is 384 g/mol. The van der Waals surface area contributed by atoms with Crippen LogP contribution in [0.5, 0.6) is 0 Å². The monoisotopic (exact) mass is 412 g/mol. The van der Waals surface area contributed by atoms with Gasteiger partial charge in [-0.3, -0.25) is 19.3 Å². The fourth-order valence-corrected chi connectivity index (χ4v) is 4.66. The Kier molecular flexibility index (Phi) is 5.03. The molecule has 3 aliphatic rings. The van der Waals surface area contributed by atoms with E-state index in [4.69, 9.17) is 0 Å². The van der Waals surface area contributed by atoms with Gasteiger partial charge < -0.3 is 16.0 Å². The number of carbonyl (C=O) groups is 4. The van der Waals surface area contributed by atoms with E-state index >= 15 is 0 Å². The zero-order valence-corrected chi connectivity index (χ0v) is 17.6. The summed E-state index contributed by atoms with van der Waals surface area (Å²) >= 11 is 0. The van der Waals surface area contributed by atoms with E-state index in [9.17, 15) is 19.2 Å². The first kappa shape index (κ1) is 20.4. The van der Waals surface area contributed by atoms with E-state index in [0.29, 0.717) is 0 Å². The van der Waals surface area contributed by atoms with E-state index in [1.54, 1.807) is 0 Å². The summed E-state index contributed by atoms with van der Waals surface area (Å²) < 4.78 is 0. The van der Waals surface area contributed by atoms with Gasteiger partial charge in [0.25, 0.3) is 5.91 Å². The molecule has 3 N–H and O–H groups in total. The average molecular weight is 412 g/mol. The molecule has 0 spiro atoms. The van der Waals surface area contributed by atoms with Gasteiger partial charge in [0.15, 0.2) is 0 Å². The molecule has 0 atom stereocenters. The Morgan fingerprint density at radius 1 is 1.03 bits per heavy atom. The highest BCUT2D eigenvalue weighted by Gasteiger charge is 2.65. The third kappa shape index (κ3) is 3.66. The third-order valence-electron chi connectivity index (χ3n) is 6.29. The lowest BCUT2D eigenvalue weighted by Crippen LogP contribution is -2.51. The summed E-state index contributed by atoms with van der Waals surface area (Å²) in [5, 5.41) is 8.22. The quantitative estimate of drug-likeness (QED) is 0.593. The maximum atomic E-state index is 13.0. The van der Waals surface area contributed by atoms with Crippen LogP contribution >= 0.6 is 0 Å². The van der Waals surface area contributed by atoms with Gasteiger partial charge in [-0.15, -0.1) is 0 Å². The standard InChI is InChI=1S/C22H28N4O4/c1-12-8-13(2)19(14(3)9-12)24-17(27)10-23-18(28)11-26-20(29)22(15-4-5-15,16-6-7-16)25-21(26)30/h8-9,15-16H,4-7,10-11H2,1-3H3,(H,23,28)(H,24,27)(H,25,30). The Bertz CT molecular complexity index is 898. The molecule has 1 heterocycles. The third-order valence-corrected chi connectivity index (χ3v) is 6.29. The first-order chi connectivity index (χ1) is 14.2. The SMILES string of the molecule is Cc1cc(C)c(NC(=O)CNC(=O)CN2C(=O)NC(C3CC3)(C3CC3)C2=O)c(C)c1. The molecular formula is C22H28N4O4. The number of nitrogens with one attached hydrogen (secondary N) is 3. The van der Waals surface area contributed by atoms with Crippen molar-refractivity contribution >= 4 is 29.4 Å². The van der Waals surface area contributed by atoms with E-state index in [2.05, 4.69) is 16.0 Å². The molecule has 0 unspecified atom stereocenters. The second-order valence-corrected chi connectivity index (χ2v) is 8.84. The molecule has 0 aromatic heterocycles. The van der Waals surface area contributed by atoms with Crippen molar-refractivity contribution in [2.24, 2.45) is 11.8 Å². The number of anilines is 1. The minimum Gasteiger partial charge on any atom is -0.345 e. The van der Waals surface area contributed by atoms with Crippen molar-refractivity contribution in [1.82, 2.24) is 15.5 Å². The first-order valence-electron chi connectivity index (χ1n) is 10.5. The second kappa shape index (κ2) is 7.41. The van der Waals surface area contributed by atoms with E-state index in [-0.39, 0.29) is 36.7 Å². The van der Waals surface area contributed by atoms with Crippen LogP contribution in [-0.4, -0.2) is 47.3 Å². The summed E-state index contributed by atoms with van der Waals surface area (Å²) in [6.45, 7) is 5.21. The number of nitrogens with zero attached hydrogens (tertiary/aromatic N) is 1. The van der Waals surface area contributed by atoms with Gasteiger partial charge >= 0.3 is 6.03 Å². The van der Waals surface area contributed by atoms with Crippen molar-refractivity contribution in [3.8, 4) is 0 Å². The van der Waals surface area contributed by atoms with E-state index in [0.717, 1.165) is 53.0 Å². The van der Waals surface area contributed by atoms with Gasteiger partial charge in [-0.05, 0) is 69.4 Å². The van der Waals surface area contributed by atoms with Crippen LogP contribution in [0.15, 0.2) is 12.1 Å². The normalized spacial score (nSPS) is 20.2. The molecule has 2 saturated carbocycles. The zero-order valence-electron chi connectivity index (χ0n) is 17.6. The van der Waals surface area contributed by atoms with Crippen LogP contribution in [0, 0.1) is 32.6 Å². The number of amides is 5. The smallest absolute Gasteiger partial charge is 0.325 e. The van der Waals surface area contributed by atoms with Crippen molar-refractivity contribution in [1.29, 1.82) is 0 Å². The molecule has 0 bridgehead atoms. The zero-order chi connectivity index (χ0) is 21.6. The van der Waals surface area contributed by atoms with Gasteiger partial charge in [-0.25, -0.2) is 4.79 Å². The van der Waals surface area contributed by atoms with Gasteiger partial charge in [-0.2, -0.15) is 0 Å². The molecule has 5 amide bonds. The van der Waals surface area contributed by atoms with Gasteiger partial charge in [0.2, 0.25) is 11.8 Å². The predicted molar refractivity (Wildman–Crippen MR) is 111 cm³/mol. The molecule has 0 radical (unpaired) electrons. The van der Waals surface area contributed by atoms with Crippen molar-refractivity contribution in [2.75, 3.05) is 18.4 Å². The van der Waals surface area contributed by atoms with E-state index in [1.807, 2.05) is 32.9 Å². The Hall–Kier alpha value is -2.90. The number of urea groups is 1. The molecule has 8 heteroatoms. The van der Waals surface area contributed by atoms with Gasteiger partial charge in [0.05, 0.1) is 6.54 Å². The lowest BCUT2D eigenvalue weighted by molar-refractivity contribution is -0.136. The fraction of sp³-hybridized carbons (Fsp3) is 0.545. The maximum absolute atomic E-state index is 13.0.